The number of rotatable bonds is 6. The van der Waals surface area contributed by atoms with Crippen LogP contribution in [-0.4, -0.2) is 6.54 Å². The number of nitrogens with one attached hydrogen (secondary N) is 1. The van der Waals surface area contributed by atoms with Crippen LogP contribution in [0.3, 0.4) is 0 Å². The van der Waals surface area contributed by atoms with Crippen LogP contribution in [0.4, 0.5) is 0 Å². The zero-order valence-corrected chi connectivity index (χ0v) is 15.2. The molecule has 1 aromatic carbocycles. The van der Waals surface area contributed by atoms with E-state index in [4.69, 9.17) is 0 Å². The Morgan fingerprint density at radius 1 is 1.19 bits per heavy atom. The molecular formula is C17H18BrNS2. The summed E-state index contributed by atoms with van der Waals surface area (Å²) in [7, 11) is 0. The molecule has 2 heterocycles. The van der Waals surface area contributed by atoms with Gasteiger partial charge in [-0.05, 0) is 57.4 Å². The Hall–Kier alpha value is -0.680. The second-order valence-electron chi connectivity index (χ2n) is 5.13. The van der Waals surface area contributed by atoms with Gasteiger partial charge in [0.25, 0.3) is 0 Å². The maximum absolute atomic E-state index is 3.72. The van der Waals surface area contributed by atoms with Crippen LogP contribution in [0.2, 0.25) is 0 Å². The van der Waals surface area contributed by atoms with Crippen LogP contribution in [0.5, 0.6) is 0 Å². The first-order valence-electron chi connectivity index (χ1n) is 7.20. The molecule has 0 saturated carbocycles. The lowest BCUT2D eigenvalue weighted by molar-refractivity contribution is 0.536. The summed E-state index contributed by atoms with van der Waals surface area (Å²) in [5, 5.41) is 9.60. The predicted molar refractivity (Wildman–Crippen MR) is 98.6 cm³/mol. The Labute approximate surface area is 142 Å². The zero-order valence-electron chi connectivity index (χ0n) is 11.9. The molecule has 21 heavy (non-hydrogen) atoms. The molecule has 4 heteroatoms. The van der Waals surface area contributed by atoms with Gasteiger partial charge in [-0.2, -0.15) is 0 Å². The molecule has 1 atom stereocenters. The highest BCUT2D eigenvalue weighted by Crippen LogP contribution is 2.33. The van der Waals surface area contributed by atoms with Crippen LogP contribution in [0.15, 0.2) is 45.6 Å². The molecule has 0 aliphatic carbocycles. The summed E-state index contributed by atoms with van der Waals surface area (Å²) in [5.74, 6) is 0. The van der Waals surface area contributed by atoms with Crippen LogP contribution in [0.25, 0.3) is 10.1 Å². The van der Waals surface area contributed by atoms with Crippen molar-refractivity contribution in [3.63, 3.8) is 0 Å². The van der Waals surface area contributed by atoms with Gasteiger partial charge in [0.2, 0.25) is 0 Å². The maximum Gasteiger partial charge on any atom is 0.0383 e. The average Bonchev–Trinajstić information content (AvgIpc) is 3.09. The SMILES string of the molecule is CCCNC(Cc1cc(Br)cs1)c1csc2ccccc12. The number of hydrogen-bond acceptors (Lipinski definition) is 3. The van der Waals surface area contributed by atoms with E-state index >= 15 is 0 Å². The summed E-state index contributed by atoms with van der Waals surface area (Å²) in [5.41, 5.74) is 1.44. The number of halogens is 1. The third-order valence-electron chi connectivity index (χ3n) is 3.55. The van der Waals surface area contributed by atoms with E-state index in [1.807, 2.05) is 22.7 Å². The van der Waals surface area contributed by atoms with E-state index in [0.717, 1.165) is 19.4 Å². The fourth-order valence-corrected chi connectivity index (χ4v) is 5.05. The van der Waals surface area contributed by atoms with Crippen molar-refractivity contribution < 1.29 is 0 Å². The van der Waals surface area contributed by atoms with E-state index in [9.17, 15) is 0 Å². The molecule has 0 amide bonds. The van der Waals surface area contributed by atoms with E-state index in [2.05, 4.69) is 69.3 Å². The second kappa shape index (κ2) is 7.05. The van der Waals surface area contributed by atoms with E-state index in [0.29, 0.717) is 6.04 Å². The van der Waals surface area contributed by atoms with Gasteiger partial charge >= 0.3 is 0 Å². The van der Waals surface area contributed by atoms with Crippen molar-refractivity contribution in [2.75, 3.05) is 6.54 Å². The van der Waals surface area contributed by atoms with Crippen LogP contribution < -0.4 is 5.32 Å². The molecule has 1 unspecified atom stereocenters. The quantitative estimate of drug-likeness (QED) is 0.552. The molecule has 0 saturated heterocycles. The molecule has 0 radical (unpaired) electrons. The minimum atomic E-state index is 0.395. The smallest absolute Gasteiger partial charge is 0.0383 e. The van der Waals surface area contributed by atoms with Crippen molar-refractivity contribution in [1.82, 2.24) is 5.32 Å². The lowest BCUT2D eigenvalue weighted by Gasteiger charge is -2.17. The molecule has 0 aliphatic rings. The van der Waals surface area contributed by atoms with Gasteiger partial charge < -0.3 is 5.32 Å². The molecule has 1 nitrogen and oxygen atoms in total. The number of fused-ring (bicyclic) bond motifs is 1. The zero-order chi connectivity index (χ0) is 14.7. The number of hydrogen-bond donors (Lipinski definition) is 1. The molecule has 3 rings (SSSR count). The Bertz CT molecular complexity index is 716. The first-order chi connectivity index (χ1) is 10.3. The fraction of sp³-hybridized carbons (Fsp3) is 0.294. The molecule has 0 aliphatic heterocycles. The summed E-state index contributed by atoms with van der Waals surface area (Å²) in [6.07, 6.45) is 2.21. The number of thiophene rings is 2. The lowest BCUT2D eigenvalue weighted by Crippen LogP contribution is -2.23. The fourth-order valence-electron chi connectivity index (χ4n) is 2.54. The summed E-state index contributed by atoms with van der Waals surface area (Å²) in [4.78, 5) is 1.42. The number of benzene rings is 1. The van der Waals surface area contributed by atoms with Gasteiger partial charge in [0.1, 0.15) is 0 Å². The average molecular weight is 380 g/mol. The van der Waals surface area contributed by atoms with Gasteiger partial charge in [-0.15, -0.1) is 22.7 Å². The molecule has 2 aromatic heterocycles. The first-order valence-corrected chi connectivity index (χ1v) is 9.75. The van der Waals surface area contributed by atoms with Gasteiger partial charge in [0.05, 0.1) is 0 Å². The summed E-state index contributed by atoms with van der Waals surface area (Å²) in [6, 6.07) is 11.3. The van der Waals surface area contributed by atoms with Crippen molar-refractivity contribution >= 4 is 48.7 Å². The molecule has 3 aromatic rings. The first kappa shape index (κ1) is 15.2. The highest BCUT2D eigenvalue weighted by atomic mass is 79.9. The van der Waals surface area contributed by atoms with Crippen molar-refractivity contribution in [3.05, 3.63) is 56.0 Å². The highest BCUT2D eigenvalue weighted by Gasteiger charge is 2.16. The van der Waals surface area contributed by atoms with Crippen LogP contribution in [0, 0.1) is 0 Å². The highest BCUT2D eigenvalue weighted by molar-refractivity contribution is 9.10. The van der Waals surface area contributed by atoms with Crippen LogP contribution in [-0.2, 0) is 6.42 Å². The van der Waals surface area contributed by atoms with Crippen LogP contribution >= 0.6 is 38.6 Å². The molecule has 0 fully saturated rings. The lowest BCUT2D eigenvalue weighted by atomic mass is 10.0. The Kier molecular flexibility index (Phi) is 5.11. The van der Waals surface area contributed by atoms with Crippen LogP contribution in [0.1, 0.15) is 29.8 Å². The van der Waals surface area contributed by atoms with Crippen molar-refractivity contribution in [3.8, 4) is 0 Å². The van der Waals surface area contributed by atoms with E-state index in [1.165, 1.54) is 25.0 Å². The Morgan fingerprint density at radius 2 is 2.05 bits per heavy atom. The third kappa shape index (κ3) is 3.57. The van der Waals surface area contributed by atoms with Gasteiger partial charge in [0.15, 0.2) is 0 Å². The Morgan fingerprint density at radius 3 is 2.81 bits per heavy atom. The molecule has 1 N–H and O–H groups in total. The topological polar surface area (TPSA) is 12.0 Å². The van der Waals surface area contributed by atoms with Gasteiger partial charge in [-0.3, -0.25) is 0 Å². The van der Waals surface area contributed by atoms with Crippen molar-refractivity contribution in [1.29, 1.82) is 0 Å². The predicted octanol–water partition coefficient (Wildman–Crippen LogP) is 6.01. The van der Waals surface area contributed by atoms with Gasteiger partial charge in [-0.1, -0.05) is 25.1 Å². The van der Waals surface area contributed by atoms with Crippen molar-refractivity contribution in [2.24, 2.45) is 0 Å². The van der Waals surface area contributed by atoms with E-state index in [-0.39, 0.29) is 0 Å². The molecule has 110 valence electrons. The standard InChI is InChI=1S/C17H18BrNS2/c1-2-7-19-16(9-13-8-12(18)10-20-13)15-11-21-17-6-4-3-5-14(15)17/h3-6,8,10-11,16,19H,2,7,9H2,1H3. The normalized spacial score (nSPS) is 12.9. The van der Waals surface area contributed by atoms with Gasteiger partial charge in [0, 0.05) is 31.9 Å². The Balaban J connectivity index is 1.91. The van der Waals surface area contributed by atoms with E-state index < -0.39 is 0 Å². The van der Waals surface area contributed by atoms with Gasteiger partial charge in [-0.25, -0.2) is 0 Å². The second-order valence-corrected chi connectivity index (χ2v) is 7.95. The minimum Gasteiger partial charge on any atom is -0.310 e. The largest absolute Gasteiger partial charge is 0.310 e. The minimum absolute atomic E-state index is 0.395. The summed E-state index contributed by atoms with van der Waals surface area (Å²) >= 11 is 7.23. The maximum atomic E-state index is 3.72. The molecule has 0 bridgehead atoms. The third-order valence-corrected chi connectivity index (χ3v) is 6.26. The molecule has 0 spiro atoms. The van der Waals surface area contributed by atoms with Crippen molar-refractivity contribution in [2.45, 2.75) is 25.8 Å². The monoisotopic (exact) mass is 379 g/mol. The summed E-state index contributed by atoms with van der Waals surface area (Å²) in [6.45, 7) is 3.28. The summed E-state index contributed by atoms with van der Waals surface area (Å²) < 4.78 is 2.56. The van der Waals surface area contributed by atoms with E-state index in [1.54, 1.807) is 0 Å². The molecular weight excluding hydrogens is 362 g/mol.